The molecule has 0 aliphatic carbocycles. The highest BCUT2D eigenvalue weighted by molar-refractivity contribution is 6.00. The van der Waals surface area contributed by atoms with Gasteiger partial charge in [-0.05, 0) is 64.5 Å². The molecule has 0 atom stereocenters. The van der Waals surface area contributed by atoms with Crippen LogP contribution in [0.3, 0.4) is 0 Å². The maximum atomic E-state index is 15.4. The van der Waals surface area contributed by atoms with Crippen LogP contribution in [0.4, 0.5) is 22.0 Å². The number of fused-ring (bicyclic) bond motifs is 1. The topological polar surface area (TPSA) is 105 Å². The number of halogens is 5. The number of carbonyl (C=O) groups excluding carboxylic acids is 4. The van der Waals surface area contributed by atoms with E-state index in [-0.39, 0.29) is 39.0 Å². The zero-order valence-electron chi connectivity index (χ0n) is 23.8. The van der Waals surface area contributed by atoms with E-state index >= 15 is 4.39 Å². The lowest BCUT2D eigenvalue weighted by Crippen LogP contribution is -2.12. The molecule has 0 aromatic heterocycles. The van der Waals surface area contributed by atoms with Gasteiger partial charge in [-0.15, -0.1) is 0 Å². The molecular formula is C34H19F5O8. The van der Waals surface area contributed by atoms with Crippen LogP contribution in [0.25, 0.3) is 33.0 Å². The number of hydrogen-bond donors (Lipinski definition) is 0. The summed E-state index contributed by atoms with van der Waals surface area (Å²) in [6.07, 6.45) is 0. The Balaban J connectivity index is 1.82. The van der Waals surface area contributed by atoms with Gasteiger partial charge in [0.2, 0.25) is 23.3 Å². The lowest BCUT2D eigenvalue weighted by atomic mass is 9.97. The number of hydrogen-bond acceptors (Lipinski definition) is 8. The maximum absolute atomic E-state index is 15.4. The Morgan fingerprint density at radius 1 is 0.489 bits per heavy atom. The molecule has 0 unspecified atom stereocenters. The van der Waals surface area contributed by atoms with Crippen LogP contribution in [0.5, 0.6) is 23.0 Å². The molecule has 4 aromatic rings. The molecule has 0 fully saturated rings. The Morgan fingerprint density at radius 2 is 0.957 bits per heavy atom. The quantitative estimate of drug-likeness (QED) is 0.0739. The van der Waals surface area contributed by atoms with Crippen molar-refractivity contribution >= 4 is 34.6 Å². The molecule has 13 heteroatoms. The van der Waals surface area contributed by atoms with E-state index in [0.29, 0.717) is 5.56 Å². The second-order valence-electron chi connectivity index (χ2n) is 9.39. The number of benzene rings is 4. The van der Waals surface area contributed by atoms with Gasteiger partial charge in [0.25, 0.3) is 0 Å². The van der Waals surface area contributed by atoms with Gasteiger partial charge in [0.1, 0.15) is 17.3 Å². The van der Waals surface area contributed by atoms with E-state index in [1.807, 2.05) is 0 Å². The van der Waals surface area contributed by atoms with E-state index < -0.39 is 64.5 Å². The second kappa shape index (κ2) is 13.7. The lowest BCUT2D eigenvalue weighted by Gasteiger charge is -2.15. The zero-order valence-corrected chi connectivity index (χ0v) is 23.8. The third-order valence-electron chi connectivity index (χ3n) is 6.15. The molecule has 4 aromatic carbocycles. The average Bonchev–Trinajstić information content (AvgIpc) is 3.01. The average molecular weight is 651 g/mol. The van der Waals surface area contributed by atoms with Crippen LogP contribution in [0, 0.1) is 5.82 Å². The first kappa shape index (κ1) is 33.5. The standard InChI is InChI=1S/C34H19F5O8/c1-16(35)31(40)44-24-8-5-20(6-9-24)25-10-7-21(12-27(25)39)22-11-23-14-29(46-33(42)18(3)37)30(47-34(43)19(4)38)15-26(23)28(13-22)45-32(41)17(2)36/h5-15H,1-4H2. The predicted octanol–water partition coefficient (Wildman–Crippen LogP) is 7.87. The Hall–Kier alpha value is -6.37. The van der Waals surface area contributed by atoms with Crippen LogP contribution in [0.15, 0.2) is 116 Å². The largest absolute Gasteiger partial charge is 0.421 e. The van der Waals surface area contributed by atoms with E-state index in [0.717, 1.165) is 18.2 Å². The van der Waals surface area contributed by atoms with Gasteiger partial charge in [0, 0.05) is 10.9 Å². The molecule has 0 N–H and O–H groups in total. The van der Waals surface area contributed by atoms with Gasteiger partial charge < -0.3 is 18.9 Å². The summed E-state index contributed by atoms with van der Waals surface area (Å²) in [5, 5.41) is -0.0322. The summed E-state index contributed by atoms with van der Waals surface area (Å²) in [5.41, 5.74) is 0.806. The second-order valence-corrected chi connectivity index (χ2v) is 9.39. The Labute approximate surface area is 262 Å². The SMILES string of the molecule is C=C(F)C(=O)Oc1ccc(-c2ccc(-c3cc(OC(=O)C(=C)F)c4cc(OC(=O)C(=C)F)c(OC(=O)C(=C)F)cc4c3)cc2F)cc1. The van der Waals surface area contributed by atoms with Crippen molar-refractivity contribution in [3.05, 3.63) is 122 Å². The van der Waals surface area contributed by atoms with E-state index in [1.54, 1.807) is 0 Å². The number of rotatable bonds is 10. The maximum Gasteiger partial charge on any atom is 0.372 e. The predicted molar refractivity (Wildman–Crippen MR) is 158 cm³/mol. The van der Waals surface area contributed by atoms with Gasteiger partial charge in [0.05, 0.1) is 0 Å². The molecule has 8 nitrogen and oxygen atoms in total. The molecule has 0 heterocycles. The monoisotopic (exact) mass is 650 g/mol. The van der Waals surface area contributed by atoms with Gasteiger partial charge >= 0.3 is 23.9 Å². The lowest BCUT2D eigenvalue weighted by molar-refractivity contribution is -0.134. The molecule has 47 heavy (non-hydrogen) atoms. The van der Waals surface area contributed by atoms with E-state index in [2.05, 4.69) is 26.3 Å². The van der Waals surface area contributed by atoms with Gasteiger partial charge in [-0.25, -0.2) is 23.6 Å². The first-order chi connectivity index (χ1) is 22.1. The molecule has 0 amide bonds. The first-order valence-electron chi connectivity index (χ1n) is 12.9. The van der Waals surface area contributed by atoms with Crippen molar-refractivity contribution in [3.8, 4) is 45.3 Å². The summed E-state index contributed by atoms with van der Waals surface area (Å²) >= 11 is 0. The highest BCUT2D eigenvalue weighted by Gasteiger charge is 2.22. The van der Waals surface area contributed by atoms with Crippen LogP contribution in [0.2, 0.25) is 0 Å². The molecule has 0 bridgehead atoms. The third-order valence-corrected chi connectivity index (χ3v) is 6.15. The highest BCUT2D eigenvalue weighted by Crippen LogP contribution is 2.41. The van der Waals surface area contributed by atoms with Gasteiger partial charge in [-0.1, -0.05) is 50.6 Å². The molecule has 0 radical (unpaired) electrons. The van der Waals surface area contributed by atoms with Crippen LogP contribution in [-0.4, -0.2) is 23.9 Å². The highest BCUT2D eigenvalue weighted by atomic mass is 19.1. The Kier molecular flexibility index (Phi) is 9.79. The number of ether oxygens (including phenoxy) is 4. The van der Waals surface area contributed by atoms with Gasteiger partial charge in [-0.3, -0.25) is 0 Å². The van der Waals surface area contributed by atoms with Crippen molar-refractivity contribution in [2.24, 2.45) is 0 Å². The third kappa shape index (κ3) is 7.84. The number of carbonyl (C=O) groups is 4. The first-order valence-corrected chi connectivity index (χ1v) is 12.9. The Bertz CT molecular complexity index is 2030. The van der Waals surface area contributed by atoms with E-state index in [4.69, 9.17) is 18.9 Å². The Morgan fingerprint density at radius 3 is 1.47 bits per heavy atom. The molecular weight excluding hydrogens is 631 g/mol. The van der Waals surface area contributed by atoms with E-state index in [1.165, 1.54) is 48.5 Å². The summed E-state index contributed by atoms with van der Waals surface area (Å²) in [4.78, 5) is 47.4. The van der Waals surface area contributed by atoms with Crippen molar-refractivity contribution in [1.29, 1.82) is 0 Å². The summed E-state index contributed by atoms with van der Waals surface area (Å²) in [7, 11) is 0. The molecule has 0 aliphatic heterocycles. The van der Waals surface area contributed by atoms with Crippen molar-refractivity contribution in [3.63, 3.8) is 0 Å². The molecule has 0 spiro atoms. The van der Waals surface area contributed by atoms with Crippen molar-refractivity contribution in [2.75, 3.05) is 0 Å². The van der Waals surface area contributed by atoms with E-state index in [9.17, 15) is 36.7 Å². The van der Waals surface area contributed by atoms with Crippen molar-refractivity contribution < 1.29 is 60.1 Å². The van der Waals surface area contributed by atoms with Crippen LogP contribution in [0.1, 0.15) is 0 Å². The molecule has 4 rings (SSSR count). The summed E-state index contributed by atoms with van der Waals surface area (Å²) in [6.45, 7) is 11.3. The fourth-order valence-corrected chi connectivity index (χ4v) is 4.01. The fraction of sp³-hybridized carbons (Fsp3) is 0. The molecule has 0 aliphatic rings. The van der Waals surface area contributed by atoms with Crippen LogP contribution >= 0.6 is 0 Å². The fourth-order valence-electron chi connectivity index (χ4n) is 4.01. The van der Waals surface area contributed by atoms with Gasteiger partial charge in [-0.2, -0.15) is 17.6 Å². The summed E-state index contributed by atoms with van der Waals surface area (Å²) in [5.74, 6) is -14.2. The van der Waals surface area contributed by atoms with Crippen molar-refractivity contribution in [2.45, 2.75) is 0 Å². The number of esters is 4. The van der Waals surface area contributed by atoms with Crippen molar-refractivity contribution in [1.82, 2.24) is 0 Å². The smallest absolute Gasteiger partial charge is 0.372 e. The zero-order chi connectivity index (χ0) is 34.6. The minimum Gasteiger partial charge on any atom is -0.421 e. The van der Waals surface area contributed by atoms with Crippen LogP contribution < -0.4 is 18.9 Å². The summed E-state index contributed by atoms with van der Waals surface area (Å²) < 4.78 is 88.5. The molecule has 0 saturated heterocycles. The molecule has 238 valence electrons. The van der Waals surface area contributed by atoms with Gasteiger partial charge in [0.15, 0.2) is 11.5 Å². The summed E-state index contributed by atoms with van der Waals surface area (Å²) in [6, 6.07) is 14.0. The minimum atomic E-state index is -1.61. The minimum absolute atomic E-state index is 0.0165. The molecule has 0 saturated carbocycles. The van der Waals surface area contributed by atoms with Crippen LogP contribution in [-0.2, 0) is 19.2 Å². The normalized spacial score (nSPS) is 10.5.